The van der Waals surface area contributed by atoms with Gasteiger partial charge >= 0.3 is 11.9 Å². The fraction of sp³-hybridized carbons (Fsp3) is 0.684. The van der Waals surface area contributed by atoms with Gasteiger partial charge in [-0.3, -0.25) is 9.98 Å². The van der Waals surface area contributed by atoms with Crippen molar-refractivity contribution in [3.63, 3.8) is 0 Å². The molecule has 0 saturated carbocycles. The van der Waals surface area contributed by atoms with Crippen molar-refractivity contribution in [2.75, 3.05) is 19.8 Å². The third kappa shape index (κ3) is 4.10. The number of ether oxygens (including phenoxy) is 3. The lowest BCUT2D eigenvalue weighted by molar-refractivity contribution is -0.472. The second-order valence-electron chi connectivity index (χ2n) is 8.68. The summed E-state index contributed by atoms with van der Waals surface area (Å²) in [7, 11) is 0. The normalized spacial score (nSPS) is 30.7. The van der Waals surface area contributed by atoms with Gasteiger partial charge in [0, 0.05) is 11.6 Å². The quantitative estimate of drug-likeness (QED) is 0.742. The molecule has 5 nitrogen and oxygen atoms in total. The topological polar surface area (TPSA) is 52.9 Å². The fourth-order valence-corrected chi connectivity index (χ4v) is 3.02. The number of nitrogens with zero attached hydrogens (tertiary/aromatic N) is 2. The molecule has 1 aromatic heterocycles. The Labute approximate surface area is 152 Å². The van der Waals surface area contributed by atoms with Gasteiger partial charge in [-0.25, -0.2) is 0 Å². The lowest BCUT2D eigenvalue weighted by Crippen LogP contribution is -2.64. The minimum atomic E-state index is -3.29. The number of rotatable bonds is 5. The van der Waals surface area contributed by atoms with E-state index in [-0.39, 0.29) is 16.5 Å². The van der Waals surface area contributed by atoms with Crippen LogP contribution in [0.4, 0.5) is 8.78 Å². The third-order valence-corrected chi connectivity index (χ3v) is 4.50. The third-order valence-electron chi connectivity index (χ3n) is 4.50. The highest BCUT2D eigenvalue weighted by atomic mass is 19.3. The van der Waals surface area contributed by atoms with E-state index >= 15 is 0 Å². The molecule has 3 aliphatic rings. The van der Waals surface area contributed by atoms with Crippen LogP contribution in [0.3, 0.4) is 0 Å². The second kappa shape index (κ2) is 6.62. The van der Waals surface area contributed by atoms with Crippen LogP contribution in [0.25, 0.3) is 0 Å². The molecule has 7 heteroatoms. The Balaban J connectivity index is 1.85. The van der Waals surface area contributed by atoms with E-state index in [1.54, 1.807) is 6.07 Å². The largest absolute Gasteiger partial charge is 0.325 e. The lowest BCUT2D eigenvalue weighted by Gasteiger charge is -2.52. The summed E-state index contributed by atoms with van der Waals surface area (Å²) >= 11 is 0. The van der Waals surface area contributed by atoms with Crippen LogP contribution in [0, 0.1) is 10.8 Å². The highest BCUT2D eigenvalue weighted by Gasteiger charge is 2.55. The van der Waals surface area contributed by atoms with Gasteiger partial charge in [-0.2, -0.15) is 8.78 Å². The van der Waals surface area contributed by atoms with E-state index in [9.17, 15) is 8.78 Å². The summed E-state index contributed by atoms with van der Waals surface area (Å²) in [6.07, 6.45) is 2.44. The first kappa shape index (κ1) is 19.3. The van der Waals surface area contributed by atoms with Gasteiger partial charge in [-0.1, -0.05) is 33.8 Å². The molecule has 3 saturated heterocycles. The summed E-state index contributed by atoms with van der Waals surface area (Å²) in [5, 5.41) is 0. The van der Waals surface area contributed by atoms with Gasteiger partial charge in [0.15, 0.2) is 0 Å². The molecule has 1 unspecified atom stereocenters. The van der Waals surface area contributed by atoms with Crippen molar-refractivity contribution in [1.82, 2.24) is 4.98 Å². The molecule has 0 amide bonds. The predicted octanol–water partition coefficient (Wildman–Crippen LogP) is 3.79. The van der Waals surface area contributed by atoms with Crippen LogP contribution in [0.2, 0.25) is 0 Å². The Morgan fingerprint density at radius 2 is 1.81 bits per heavy atom. The van der Waals surface area contributed by atoms with Crippen LogP contribution in [0.5, 0.6) is 0 Å². The van der Waals surface area contributed by atoms with Crippen molar-refractivity contribution in [2.24, 2.45) is 15.8 Å². The molecule has 0 spiro atoms. The summed E-state index contributed by atoms with van der Waals surface area (Å²) in [4.78, 5) is 7.92. The Morgan fingerprint density at radius 1 is 1.19 bits per heavy atom. The molecule has 0 aromatic carbocycles. The van der Waals surface area contributed by atoms with Crippen LogP contribution in [-0.4, -0.2) is 43.0 Å². The van der Waals surface area contributed by atoms with Gasteiger partial charge in [0.2, 0.25) is 0 Å². The maximum atomic E-state index is 14.5. The highest BCUT2D eigenvalue weighted by molar-refractivity contribution is 5.68. The number of fused-ring (bicyclic) bond motifs is 3. The number of alkyl halides is 2. The number of pyridine rings is 1. The van der Waals surface area contributed by atoms with Crippen LogP contribution < -0.4 is 0 Å². The maximum absolute atomic E-state index is 14.5. The summed E-state index contributed by atoms with van der Waals surface area (Å²) in [5.41, 5.74) is -0.723. The minimum absolute atomic E-state index is 0.175. The smallest absolute Gasteiger partial charge is 0.324 e. The molecule has 3 fully saturated rings. The molecule has 2 bridgehead atoms. The molecule has 1 atom stereocenters. The number of hydrogen-bond acceptors (Lipinski definition) is 5. The van der Waals surface area contributed by atoms with Gasteiger partial charge in [0.1, 0.15) is 11.7 Å². The Bertz CT molecular complexity index is 634. The molecule has 0 radical (unpaired) electrons. The molecule has 0 aliphatic carbocycles. The van der Waals surface area contributed by atoms with Crippen LogP contribution >= 0.6 is 0 Å². The molecule has 4 heterocycles. The fourth-order valence-electron chi connectivity index (χ4n) is 3.02. The van der Waals surface area contributed by atoms with Crippen molar-refractivity contribution in [3.8, 4) is 0 Å². The summed E-state index contributed by atoms with van der Waals surface area (Å²) in [5.74, 6) is -4.69. The van der Waals surface area contributed by atoms with Gasteiger partial charge in [0.05, 0.1) is 26.0 Å². The minimum Gasteiger partial charge on any atom is -0.325 e. The van der Waals surface area contributed by atoms with E-state index in [1.807, 2.05) is 27.7 Å². The van der Waals surface area contributed by atoms with E-state index in [1.165, 1.54) is 18.3 Å². The number of hydrogen-bond donors (Lipinski definition) is 0. The summed E-state index contributed by atoms with van der Waals surface area (Å²) < 4.78 is 46.4. The number of aromatic nitrogens is 1. The average molecular weight is 368 g/mol. The molecular formula is C19H26F2N2O3. The monoisotopic (exact) mass is 368 g/mol. The first-order valence-electron chi connectivity index (χ1n) is 8.79. The van der Waals surface area contributed by atoms with Gasteiger partial charge in [0.25, 0.3) is 0 Å². The maximum Gasteiger partial charge on any atom is 0.324 e. The first-order chi connectivity index (χ1) is 12.0. The van der Waals surface area contributed by atoms with E-state index in [0.29, 0.717) is 32.5 Å². The van der Waals surface area contributed by atoms with E-state index in [2.05, 4.69) is 9.98 Å². The standard InChI is InChI=1S/C19H26F2N2O3/c1-16(2,3)9-15(19-24-11-17(4,12-25-19)13-26-19)23-10-18(20,21)14-7-5-6-8-22-14/h5-8,10,15H,9,11-13H2,1-4H3/b23-10-. The van der Waals surface area contributed by atoms with E-state index in [4.69, 9.17) is 14.2 Å². The first-order valence-corrected chi connectivity index (χ1v) is 8.79. The summed E-state index contributed by atoms with van der Waals surface area (Å²) in [6, 6.07) is 3.68. The van der Waals surface area contributed by atoms with Crippen molar-refractivity contribution in [3.05, 3.63) is 30.1 Å². The zero-order valence-corrected chi connectivity index (χ0v) is 15.7. The lowest BCUT2D eigenvalue weighted by atomic mass is 9.85. The van der Waals surface area contributed by atoms with Crippen molar-refractivity contribution >= 4 is 6.21 Å². The van der Waals surface area contributed by atoms with Gasteiger partial charge in [-0.15, -0.1) is 0 Å². The second-order valence-corrected chi connectivity index (χ2v) is 8.68. The molecule has 0 N–H and O–H groups in total. The van der Waals surface area contributed by atoms with Crippen molar-refractivity contribution in [2.45, 2.75) is 52.1 Å². The molecule has 4 rings (SSSR count). The van der Waals surface area contributed by atoms with Crippen LogP contribution in [0.1, 0.15) is 39.8 Å². The molecule has 1 aromatic rings. The Hall–Kier alpha value is -1.44. The molecule has 26 heavy (non-hydrogen) atoms. The SMILES string of the molecule is CC(C)(C)CC(/N=C\C(F)(F)c1ccccn1)C12OCC(C)(CO1)CO2. The van der Waals surface area contributed by atoms with Crippen LogP contribution in [-0.2, 0) is 20.1 Å². The zero-order chi connectivity index (χ0) is 19.1. The highest BCUT2D eigenvalue weighted by Crippen LogP contribution is 2.43. The zero-order valence-electron chi connectivity index (χ0n) is 15.7. The molecule has 3 aliphatic heterocycles. The number of halogens is 2. The van der Waals surface area contributed by atoms with E-state index in [0.717, 1.165) is 0 Å². The molecular weight excluding hydrogens is 342 g/mol. The van der Waals surface area contributed by atoms with Crippen LogP contribution in [0.15, 0.2) is 29.4 Å². The summed E-state index contributed by atoms with van der Waals surface area (Å²) in [6.45, 7) is 9.42. The average Bonchev–Trinajstić information content (AvgIpc) is 2.59. The van der Waals surface area contributed by atoms with Gasteiger partial charge in [-0.05, 0) is 24.0 Å². The van der Waals surface area contributed by atoms with Gasteiger partial charge < -0.3 is 14.2 Å². The number of aliphatic imine (C=N–C) groups is 1. The predicted molar refractivity (Wildman–Crippen MR) is 93.2 cm³/mol. The van der Waals surface area contributed by atoms with Crippen molar-refractivity contribution < 1.29 is 23.0 Å². The van der Waals surface area contributed by atoms with E-state index < -0.39 is 17.9 Å². The van der Waals surface area contributed by atoms with Crippen molar-refractivity contribution in [1.29, 1.82) is 0 Å². The Morgan fingerprint density at radius 3 is 2.31 bits per heavy atom. The Kier molecular flexibility index (Phi) is 4.92. The molecule has 144 valence electrons.